The summed E-state index contributed by atoms with van der Waals surface area (Å²) in [6.07, 6.45) is 6.62. The van der Waals surface area contributed by atoms with Gasteiger partial charge in [0.2, 0.25) is 0 Å². The molecule has 1 saturated carbocycles. The second kappa shape index (κ2) is 3.93. The van der Waals surface area contributed by atoms with E-state index in [0.29, 0.717) is 28.1 Å². The summed E-state index contributed by atoms with van der Waals surface area (Å²) in [6.45, 7) is 0. The van der Waals surface area contributed by atoms with Crippen LogP contribution < -0.4 is 11.3 Å². The van der Waals surface area contributed by atoms with Gasteiger partial charge >= 0.3 is 0 Å². The van der Waals surface area contributed by atoms with E-state index in [0.717, 1.165) is 12.8 Å². The largest absolute Gasteiger partial charge is 0.472 e. The van der Waals surface area contributed by atoms with Crippen LogP contribution in [0.3, 0.4) is 0 Å². The number of hydrogen-bond acceptors (Lipinski definition) is 5. The van der Waals surface area contributed by atoms with E-state index in [4.69, 9.17) is 10.2 Å². The minimum absolute atomic E-state index is 0.139. The quantitative estimate of drug-likeness (QED) is 0.767. The van der Waals surface area contributed by atoms with Crippen molar-refractivity contribution in [3.63, 3.8) is 0 Å². The first-order valence-electron chi connectivity index (χ1n) is 6.45. The summed E-state index contributed by atoms with van der Waals surface area (Å²) >= 11 is 0. The highest BCUT2D eigenvalue weighted by atomic mass is 16.3. The zero-order chi connectivity index (χ0) is 13.7. The van der Waals surface area contributed by atoms with Crippen LogP contribution in [0, 0.1) is 0 Å². The SMILES string of the molecule is Nc1ccnc2c1nc(-c1ccoc1)c(=O)n2C1CC1. The van der Waals surface area contributed by atoms with Crippen molar-refractivity contribution in [2.24, 2.45) is 0 Å². The summed E-state index contributed by atoms with van der Waals surface area (Å²) < 4.78 is 6.76. The lowest BCUT2D eigenvalue weighted by Crippen LogP contribution is -2.23. The average Bonchev–Trinajstić information content (AvgIpc) is 3.13. The summed E-state index contributed by atoms with van der Waals surface area (Å²) in [4.78, 5) is 21.3. The van der Waals surface area contributed by atoms with Crippen molar-refractivity contribution in [3.8, 4) is 11.3 Å². The molecule has 1 aliphatic rings. The topological polar surface area (TPSA) is 86.9 Å². The van der Waals surface area contributed by atoms with E-state index in [1.54, 1.807) is 22.9 Å². The molecule has 0 atom stereocenters. The fourth-order valence-corrected chi connectivity index (χ4v) is 2.38. The molecule has 1 aliphatic carbocycles. The van der Waals surface area contributed by atoms with E-state index in [1.807, 2.05) is 0 Å². The Morgan fingerprint density at radius 2 is 2.20 bits per heavy atom. The molecule has 0 radical (unpaired) electrons. The molecule has 0 amide bonds. The molecule has 0 spiro atoms. The van der Waals surface area contributed by atoms with Gasteiger partial charge in [0, 0.05) is 17.8 Å². The summed E-state index contributed by atoms with van der Waals surface area (Å²) in [5, 5.41) is 0. The van der Waals surface area contributed by atoms with E-state index in [9.17, 15) is 4.79 Å². The van der Waals surface area contributed by atoms with Gasteiger partial charge in [0.1, 0.15) is 11.2 Å². The minimum Gasteiger partial charge on any atom is -0.472 e. The Balaban J connectivity index is 2.14. The van der Waals surface area contributed by atoms with Crippen LogP contribution in [0.4, 0.5) is 5.69 Å². The van der Waals surface area contributed by atoms with E-state index >= 15 is 0 Å². The van der Waals surface area contributed by atoms with E-state index in [-0.39, 0.29) is 11.6 Å². The lowest BCUT2D eigenvalue weighted by Gasteiger charge is -2.10. The zero-order valence-corrected chi connectivity index (χ0v) is 10.6. The first kappa shape index (κ1) is 11.2. The molecule has 100 valence electrons. The number of nitrogens with two attached hydrogens (primary N) is 1. The fourth-order valence-electron chi connectivity index (χ4n) is 2.38. The highest BCUT2D eigenvalue weighted by molar-refractivity contribution is 5.85. The molecule has 0 saturated heterocycles. The van der Waals surface area contributed by atoms with Crippen molar-refractivity contribution in [2.75, 3.05) is 5.73 Å². The van der Waals surface area contributed by atoms with Gasteiger partial charge in [0.05, 0.1) is 18.2 Å². The zero-order valence-electron chi connectivity index (χ0n) is 10.6. The van der Waals surface area contributed by atoms with Crippen LogP contribution in [0.1, 0.15) is 18.9 Å². The third kappa shape index (κ3) is 1.54. The average molecular weight is 268 g/mol. The highest BCUT2D eigenvalue weighted by Crippen LogP contribution is 2.36. The Morgan fingerprint density at radius 3 is 2.90 bits per heavy atom. The smallest absolute Gasteiger partial charge is 0.279 e. The van der Waals surface area contributed by atoms with Gasteiger partial charge in [-0.05, 0) is 25.0 Å². The summed E-state index contributed by atoms with van der Waals surface area (Å²) in [5.74, 6) is 0. The van der Waals surface area contributed by atoms with Gasteiger partial charge in [-0.3, -0.25) is 9.36 Å². The van der Waals surface area contributed by atoms with Crippen LogP contribution in [-0.4, -0.2) is 14.5 Å². The Kier molecular flexibility index (Phi) is 2.20. The van der Waals surface area contributed by atoms with Gasteiger partial charge in [0.15, 0.2) is 5.65 Å². The molecule has 3 aromatic rings. The van der Waals surface area contributed by atoms with Crippen LogP contribution in [0.5, 0.6) is 0 Å². The van der Waals surface area contributed by atoms with Crippen LogP contribution in [0.2, 0.25) is 0 Å². The molecule has 20 heavy (non-hydrogen) atoms. The Bertz CT molecular complexity index is 847. The van der Waals surface area contributed by atoms with Crippen LogP contribution in [0.25, 0.3) is 22.4 Å². The molecule has 1 fully saturated rings. The van der Waals surface area contributed by atoms with Gasteiger partial charge in [-0.15, -0.1) is 0 Å². The number of anilines is 1. The molecule has 0 aromatic carbocycles. The predicted molar refractivity (Wildman–Crippen MR) is 74.2 cm³/mol. The van der Waals surface area contributed by atoms with E-state index < -0.39 is 0 Å². The van der Waals surface area contributed by atoms with Gasteiger partial charge < -0.3 is 10.2 Å². The van der Waals surface area contributed by atoms with Crippen molar-refractivity contribution in [3.05, 3.63) is 41.2 Å². The molecule has 2 N–H and O–H groups in total. The first-order chi connectivity index (χ1) is 9.75. The van der Waals surface area contributed by atoms with E-state index in [2.05, 4.69) is 9.97 Å². The van der Waals surface area contributed by atoms with Gasteiger partial charge in [-0.25, -0.2) is 9.97 Å². The monoisotopic (exact) mass is 268 g/mol. The molecular weight excluding hydrogens is 256 g/mol. The molecule has 0 bridgehead atoms. The molecule has 0 unspecified atom stereocenters. The number of nitrogen functional groups attached to an aromatic ring is 1. The third-order valence-electron chi connectivity index (χ3n) is 3.52. The predicted octanol–water partition coefficient (Wildman–Crippen LogP) is 1.97. The second-order valence-corrected chi connectivity index (χ2v) is 4.95. The van der Waals surface area contributed by atoms with Gasteiger partial charge in [0.25, 0.3) is 5.56 Å². The maximum Gasteiger partial charge on any atom is 0.279 e. The number of fused-ring (bicyclic) bond motifs is 1. The molecule has 0 aliphatic heterocycles. The van der Waals surface area contributed by atoms with Gasteiger partial charge in [-0.2, -0.15) is 0 Å². The summed E-state index contributed by atoms with van der Waals surface area (Å²) in [7, 11) is 0. The number of rotatable bonds is 2. The molecule has 3 aromatic heterocycles. The number of aromatic nitrogens is 3. The Morgan fingerprint density at radius 1 is 1.35 bits per heavy atom. The van der Waals surface area contributed by atoms with Crippen molar-refractivity contribution in [1.29, 1.82) is 0 Å². The maximum atomic E-state index is 12.7. The molecular formula is C14H12N4O2. The molecule has 6 nitrogen and oxygen atoms in total. The normalized spacial score (nSPS) is 14.8. The minimum atomic E-state index is -0.139. The molecule has 4 rings (SSSR count). The summed E-state index contributed by atoms with van der Waals surface area (Å²) in [5.41, 5.74) is 8.51. The van der Waals surface area contributed by atoms with E-state index in [1.165, 1.54) is 12.5 Å². The Hall–Kier alpha value is -2.63. The first-order valence-corrected chi connectivity index (χ1v) is 6.45. The summed E-state index contributed by atoms with van der Waals surface area (Å²) in [6, 6.07) is 3.61. The highest BCUT2D eigenvalue weighted by Gasteiger charge is 2.29. The van der Waals surface area contributed by atoms with Crippen molar-refractivity contribution in [2.45, 2.75) is 18.9 Å². The second-order valence-electron chi connectivity index (χ2n) is 4.95. The number of pyridine rings is 1. The lowest BCUT2D eigenvalue weighted by molar-refractivity contribution is 0.568. The molecule has 6 heteroatoms. The molecule has 3 heterocycles. The van der Waals surface area contributed by atoms with Crippen molar-refractivity contribution < 1.29 is 4.42 Å². The Labute approximate surface area is 113 Å². The lowest BCUT2D eigenvalue weighted by atomic mass is 10.2. The number of nitrogens with zero attached hydrogens (tertiary/aromatic N) is 3. The van der Waals surface area contributed by atoms with Crippen LogP contribution in [0.15, 0.2) is 40.1 Å². The third-order valence-corrected chi connectivity index (χ3v) is 3.52. The van der Waals surface area contributed by atoms with Crippen LogP contribution in [-0.2, 0) is 0 Å². The fraction of sp³-hybridized carbons (Fsp3) is 0.214. The van der Waals surface area contributed by atoms with Crippen molar-refractivity contribution >= 4 is 16.9 Å². The van der Waals surface area contributed by atoms with Crippen molar-refractivity contribution in [1.82, 2.24) is 14.5 Å². The van der Waals surface area contributed by atoms with Crippen LogP contribution >= 0.6 is 0 Å². The standard InChI is InChI=1S/C14H12N4O2/c15-10-3-5-16-13-12(10)17-11(8-4-6-20-7-8)14(19)18(13)9-1-2-9/h3-7,9H,1-2H2,(H2,15,16). The maximum absolute atomic E-state index is 12.7. The van der Waals surface area contributed by atoms with Gasteiger partial charge in [-0.1, -0.05) is 0 Å². The number of hydrogen-bond donors (Lipinski definition) is 1. The number of furan rings is 1.